The zero-order chi connectivity index (χ0) is 17.5. The Labute approximate surface area is 135 Å². The standard InChI is InChI=1S/C15H20N2O5S/c1-11(2)9-15(19)22-10-14(18)17-8-7-12-3-5-13(6-4-12)23(16,20)21/h3-6,9H,7-8,10H2,1-2H3,(H,17,18)(H2,16,20,21). The lowest BCUT2D eigenvalue weighted by Crippen LogP contribution is -2.30. The SMILES string of the molecule is CC(C)=CC(=O)OCC(=O)NCCc1ccc(S(N)(=O)=O)cc1. The highest BCUT2D eigenvalue weighted by Gasteiger charge is 2.07. The molecule has 126 valence electrons. The van der Waals surface area contributed by atoms with Crippen LogP contribution in [0.15, 0.2) is 40.8 Å². The molecule has 0 aliphatic heterocycles. The van der Waals surface area contributed by atoms with Crippen LogP contribution in [0.4, 0.5) is 0 Å². The van der Waals surface area contributed by atoms with E-state index < -0.39 is 21.9 Å². The predicted molar refractivity (Wildman–Crippen MR) is 84.9 cm³/mol. The molecule has 7 nitrogen and oxygen atoms in total. The Hall–Kier alpha value is -2.19. The van der Waals surface area contributed by atoms with E-state index >= 15 is 0 Å². The van der Waals surface area contributed by atoms with Gasteiger partial charge in [0.25, 0.3) is 5.91 Å². The lowest BCUT2D eigenvalue weighted by atomic mass is 10.1. The highest BCUT2D eigenvalue weighted by Crippen LogP contribution is 2.08. The summed E-state index contributed by atoms with van der Waals surface area (Å²) in [7, 11) is -3.70. The summed E-state index contributed by atoms with van der Waals surface area (Å²) in [6.07, 6.45) is 1.82. The minimum atomic E-state index is -3.70. The lowest BCUT2D eigenvalue weighted by Gasteiger charge is -2.06. The molecule has 0 heterocycles. The number of ether oxygens (including phenoxy) is 1. The summed E-state index contributed by atoms with van der Waals surface area (Å²) in [6.45, 7) is 3.51. The summed E-state index contributed by atoms with van der Waals surface area (Å²) >= 11 is 0. The summed E-state index contributed by atoms with van der Waals surface area (Å²) in [5.41, 5.74) is 1.64. The number of hydrogen-bond donors (Lipinski definition) is 2. The van der Waals surface area contributed by atoms with Gasteiger partial charge in [-0.15, -0.1) is 0 Å². The van der Waals surface area contributed by atoms with Crippen LogP contribution in [-0.4, -0.2) is 33.4 Å². The van der Waals surface area contributed by atoms with Gasteiger partial charge in [0, 0.05) is 12.6 Å². The summed E-state index contributed by atoms with van der Waals surface area (Å²) in [6, 6.07) is 6.07. The fourth-order valence-electron chi connectivity index (χ4n) is 1.66. The van der Waals surface area contributed by atoms with E-state index in [4.69, 9.17) is 9.88 Å². The number of sulfonamides is 1. The Morgan fingerprint density at radius 3 is 2.35 bits per heavy atom. The minimum absolute atomic E-state index is 0.0384. The van der Waals surface area contributed by atoms with Crippen LogP contribution in [-0.2, 0) is 30.8 Å². The van der Waals surface area contributed by atoms with Crippen LogP contribution in [0, 0.1) is 0 Å². The number of amides is 1. The highest BCUT2D eigenvalue weighted by molar-refractivity contribution is 7.89. The van der Waals surface area contributed by atoms with Crippen molar-refractivity contribution in [3.63, 3.8) is 0 Å². The zero-order valence-electron chi connectivity index (χ0n) is 13.0. The Kier molecular flexibility index (Phi) is 6.92. The van der Waals surface area contributed by atoms with Crippen LogP contribution in [0.3, 0.4) is 0 Å². The van der Waals surface area contributed by atoms with Crippen molar-refractivity contribution in [3.05, 3.63) is 41.5 Å². The van der Waals surface area contributed by atoms with Crippen molar-refractivity contribution in [1.82, 2.24) is 5.32 Å². The molecular weight excluding hydrogens is 320 g/mol. The van der Waals surface area contributed by atoms with Gasteiger partial charge in [-0.25, -0.2) is 18.4 Å². The molecule has 1 aromatic rings. The van der Waals surface area contributed by atoms with Crippen LogP contribution in [0.5, 0.6) is 0 Å². The maximum absolute atomic E-state index is 11.5. The maximum atomic E-state index is 11.5. The molecule has 0 saturated carbocycles. The number of carbonyl (C=O) groups is 2. The number of benzene rings is 1. The third-order valence-electron chi connectivity index (χ3n) is 2.74. The fraction of sp³-hybridized carbons (Fsp3) is 0.333. The van der Waals surface area contributed by atoms with E-state index in [2.05, 4.69) is 5.32 Å². The number of primary sulfonamides is 1. The van der Waals surface area contributed by atoms with Crippen molar-refractivity contribution in [2.75, 3.05) is 13.2 Å². The molecule has 0 bridgehead atoms. The number of allylic oxidation sites excluding steroid dienone is 1. The van der Waals surface area contributed by atoms with Crippen LogP contribution >= 0.6 is 0 Å². The second-order valence-electron chi connectivity index (χ2n) is 5.12. The lowest BCUT2D eigenvalue weighted by molar-refractivity contribution is -0.143. The molecular formula is C15H20N2O5S. The minimum Gasteiger partial charge on any atom is -0.452 e. The van der Waals surface area contributed by atoms with Gasteiger partial charge in [-0.05, 0) is 38.0 Å². The molecule has 0 aliphatic rings. The fourth-order valence-corrected chi connectivity index (χ4v) is 2.17. The van der Waals surface area contributed by atoms with E-state index in [0.717, 1.165) is 11.1 Å². The van der Waals surface area contributed by atoms with Gasteiger partial charge in [0.15, 0.2) is 6.61 Å². The molecule has 0 unspecified atom stereocenters. The van der Waals surface area contributed by atoms with Gasteiger partial charge < -0.3 is 10.1 Å². The van der Waals surface area contributed by atoms with Gasteiger partial charge in [0.05, 0.1) is 4.90 Å². The van der Waals surface area contributed by atoms with Gasteiger partial charge in [0.1, 0.15) is 0 Å². The van der Waals surface area contributed by atoms with Crippen molar-refractivity contribution < 1.29 is 22.7 Å². The van der Waals surface area contributed by atoms with E-state index in [1.807, 2.05) is 0 Å². The van der Waals surface area contributed by atoms with Gasteiger partial charge in [0.2, 0.25) is 10.0 Å². The molecule has 0 aromatic heterocycles. The van der Waals surface area contributed by atoms with E-state index in [9.17, 15) is 18.0 Å². The van der Waals surface area contributed by atoms with Gasteiger partial charge in [-0.2, -0.15) is 0 Å². The monoisotopic (exact) mass is 340 g/mol. The van der Waals surface area contributed by atoms with Crippen molar-refractivity contribution in [1.29, 1.82) is 0 Å². The average molecular weight is 340 g/mol. The molecule has 8 heteroatoms. The summed E-state index contributed by atoms with van der Waals surface area (Å²) in [4.78, 5) is 22.8. The van der Waals surface area contributed by atoms with Crippen molar-refractivity contribution in [2.24, 2.45) is 5.14 Å². The maximum Gasteiger partial charge on any atom is 0.331 e. The largest absolute Gasteiger partial charge is 0.452 e. The molecule has 0 saturated heterocycles. The molecule has 1 rings (SSSR count). The topological polar surface area (TPSA) is 116 Å². The van der Waals surface area contributed by atoms with Crippen molar-refractivity contribution >= 4 is 21.9 Å². The number of nitrogens with two attached hydrogens (primary N) is 1. The van der Waals surface area contributed by atoms with Crippen molar-refractivity contribution in [2.45, 2.75) is 25.2 Å². The van der Waals surface area contributed by atoms with Gasteiger partial charge in [-0.1, -0.05) is 17.7 Å². The first-order valence-corrected chi connectivity index (χ1v) is 8.43. The van der Waals surface area contributed by atoms with Crippen LogP contribution < -0.4 is 10.5 Å². The Balaban J connectivity index is 2.35. The number of rotatable bonds is 7. The molecule has 0 spiro atoms. The van der Waals surface area contributed by atoms with Crippen LogP contribution in [0.2, 0.25) is 0 Å². The van der Waals surface area contributed by atoms with E-state index in [1.165, 1.54) is 18.2 Å². The number of carbonyl (C=O) groups excluding carboxylic acids is 2. The van der Waals surface area contributed by atoms with Crippen LogP contribution in [0.1, 0.15) is 19.4 Å². The first-order valence-electron chi connectivity index (χ1n) is 6.88. The normalized spacial score (nSPS) is 10.7. The summed E-state index contributed by atoms with van der Waals surface area (Å²) < 4.78 is 27.0. The first kappa shape index (κ1) is 18.9. The van der Waals surface area contributed by atoms with E-state index in [1.54, 1.807) is 26.0 Å². The zero-order valence-corrected chi connectivity index (χ0v) is 13.9. The molecule has 0 aliphatic carbocycles. The number of nitrogens with one attached hydrogen (secondary N) is 1. The molecule has 0 radical (unpaired) electrons. The van der Waals surface area contributed by atoms with E-state index in [0.29, 0.717) is 13.0 Å². The molecule has 1 amide bonds. The summed E-state index contributed by atoms with van der Waals surface area (Å²) in [5, 5.41) is 7.61. The third kappa shape index (κ3) is 7.57. The van der Waals surface area contributed by atoms with Crippen LogP contribution in [0.25, 0.3) is 0 Å². The number of hydrogen-bond acceptors (Lipinski definition) is 5. The molecule has 3 N–H and O–H groups in total. The third-order valence-corrected chi connectivity index (χ3v) is 3.67. The first-order chi connectivity index (χ1) is 10.7. The molecule has 23 heavy (non-hydrogen) atoms. The Bertz CT molecular complexity index is 689. The second kappa shape index (κ2) is 8.44. The summed E-state index contributed by atoms with van der Waals surface area (Å²) in [5.74, 6) is -0.958. The Morgan fingerprint density at radius 1 is 1.22 bits per heavy atom. The second-order valence-corrected chi connectivity index (χ2v) is 6.68. The molecule has 0 atom stereocenters. The van der Waals surface area contributed by atoms with Crippen molar-refractivity contribution in [3.8, 4) is 0 Å². The van der Waals surface area contributed by atoms with Gasteiger partial charge >= 0.3 is 5.97 Å². The highest BCUT2D eigenvalue weighted by atomic mass is 32.2. The predicted octanol–water partition coefficient (Wildman–Crippen LogP) is 0.502. The number of esters is 1. The average Bonchev–Trinajstić information content (AvgIpc) is 2.44. The Morgan fingerprint density at radius 2 is 1.83 bits per heavy atom. The quantitative estimate of drug-likeness (QED) is 0.554. The molecule has 1 aromatic carbocycles. The smallest absolute Gasteiger partial charge is 0.331 e. The molecule has 0 fully saturated rings. The van der Waals surface area contributed by atoms with Gasteiger partial charge in [-0.3, -0.25) is 4.79 Å². The van der Waals surface area contributed by atoms with E-state index in [-0.39, 0.29) is 11.5 Å².